The number of anilines is 3. The van der Waals surface area contributed by atoms with E-state index in [1.807, 2.05) is 0 Å². The predicted molar refractivity (Wildman–Crippen MR) is 130 cm³/mol. The van der Waals surface area contributed by atoms with E-state index in [0.717, 1.165) is 44.1 Å². The van der Waals surface area contributed by atoms with Crippen LogP contribution in [0.3, 0.4) is 0 Å². The molecule has 0 radical (unpaired) electrons. The van der Waals surface area contributed by atoms with Gasteiger partial charge < -0.3 is 31.2 Å². The molecule has 2 aliphatic heterocycles. The van der Waals surface area contributed by atoms with Gasteiger partial charge in [-0.3, -0.25) is 4.79 Å². The molecule has 0 unspecified atom stereocenters. The zero-order chi connectivity index (χ0) is 23.9. The van der Waals surface area contributed by atoms with Gasteiger partial charge in [0.25, 0.3) is 5.91 Å². The van der Waals surface area contributed by atoms with Crippen LogP contribution >= 0.6 is 11.8 Å². The molecule has 2 saturated heterocycles. The molecule has 1 atom stereocenters. The largest absolute Gasteiger partial charge is 0.486 e. The van der Waals surface area contributed by atoms with Crippen LogP contribution in [-0.2, 0) is 9.53 Å². The van der Waals surface area contributed by atoms with Gasteiger partial charge in [0.05, 0.1) is 23.8 Å². The quantitative estimate of drug-likeness (QED) is 0.240. The van der Waals surface area contributed by atoms with E-state index in [1.165, 1.54) is 18.5 Å². The lowest BCUT2D eigenvalue weighted by molar-refractivity contribution is -0.117. The maximum absolute atomic E-state index is 13.9. The first-order valence-electron chi connectivity index (χ1n) is 11.3. The minimum absolute atomic E-state index is 0.150. The number of amides is 1. The fourth-order valence-electron chi connectivity index (χ4n) is 3.75. The Labute approximate surface area is 202 Å². The third kappa shape index (κ3) is 6.37. The van der Waals surface area contributed by atoms with E-state index in [2.05, 4.69) is 32.5 Å². The number of carbonyl (C=O) groups excluding carboxylic acids is 1. The Morgan fingerprint density at radius 3 is 2.91 bits per heavy atom. The maximum atomic E-state index is 13.9. The molecule has 0 bridgehead atoms. The van der Waals surface area contributed by atoms with Crippen LogP contribution in [0.25, 0.3) is 0 Å². The smallest absolute Gasteiger partial charge is 0.257 e. The molecule has 34 heavy (non-hydrogen) atoms. The predicted octanol–water partition coefficient (Wildman–Crippen LogP) is 2.83. The summed E-state index contributed by atoms with van der Waals surface area (Å²) >= 11 is 1.08. The highest BCUT2D eigenvalue weighted by Crippen LogP contribution is 2.36. The van der Waals surface area contributed by atoms with E-state index in [4.69, 9.17) is 15.2 Å². The molecule has 2 fully saturated rings. The van der Waals surface area contributed by atoms with Crippen LogP contribution in [0.5, 0.6) is 5.75 Å². The molecule has 0 aliphatic carbocycles. The van der Waals surface area contributed by atoms with Crippen molar-refractivity contribution in [2.45, 2.75) is 30.4 Å². The summed E-state index contributed by atoms with van der Waals surface area (Å²) in [5.41, 5.74) is 7.05. The number of hydrogen-bond donors (Lipinski definition) is 4. The van der Waals surface area contributed by atoms with E-state index in [1.54, 1.807) is 6.07 Å². The molecule has 9 nitrogen and oxygen atoms in total. The lowest BCUT2D eigenvalue weighted by atomic mass is 9.98. The SMILES string of the molecule is C=C(Sc1ncnc(Nc2ccc(F)cc2O[C@H]2CCOC2)c1N)C(=O)NCC1CCNCC1. The lowest BCUT2D eigenvalue weighted by Gasteiger charge is -2.22. The monoisotopic (exact) mass is 488 g/mol. The Morgan fingerprint density at radius 1 is 1.32 bits per heavy atom. The summed E-state index contributed by atoms with van der Waals surface area (Å²) < 4.78 is 25.1. The van der Waals surface area contributed by atoms with Crippen LogP contribution in [0.2, 0.25) is 0 Å². The van der Waals surface area contributed by atoms with Crippen molar-refractivity contribution >= 4 is 34.9 Å². The van der Waals surface area contributed by atoms with Crippen molar-refractivity contribution in [2.24, 2.45) is 5.92 Å². The normalized spacial score (nSPS) is 18.4. The number of nitrogens with two attached hydrogens (primary N) is 1. The van der Waals surface area contributed by atoms with Gasteiger partial charge in [-0.25, -0.2) is 14.4 Å². The molecular formula is C23H29FN6O3S. The lowest BCUT2D eigenvalue weighted by Crippen LogP contribution is -2.36. The number of carbonyl (C=O) groups is 1. The number of nitrogen functional groups attached to an aromatic ring is 1. The van der Waals surface area contributed by atoms with E-state index in [-0.39, 0.29) is 22.6 Å². The molecule has 11 heteroatoms. The number of hydrogen-bond acceptors (Lipinski definition) is 9. The van der Waals surface area contributed by atoms with Crippen LogP contribution in [0, 0.1) is 11.7 Å². The van der Waals surface area contributed by atoms with Gasteiger partial charge in [-0.2, -0.15) is 0 Å². The van der Waals surface area contributed by atoms with Crippen molar-refractivity contribution in [3.63, 3.8) is 0 Å². The van der Waals surface area contributed by atoms with Crippen LogP contribution in [-0.4, -0.2) is 54.8 Å². The Balaban J connectivity index is 1.41. The second kappa shape index (κ2) is 11.5. The molecule has 1 aromatic heterocycles. The Bertz CT molecular complexity index is 1030. The van der Waals surface area contributed by atoms with Crippen LogP contribution in [0.15, 0.2) is 41.0 Å². The summed E-state index contributed by atoms with van der Waals surface area (Å²) in [6, 6.07) is 4.19. The number of rotatable bonds is 9. The third-order valence-corrected chi connectivity index (χ3v) is 6.66. The third-order valence-electron chi connectivity index (χ3n) is 5.71. The van der Waals surface area contributed by atoms with Crippen molar-refractivity contribution in [2.75, 3.05) is 43.9 Å². The first-order valence-corrected chi connectivity index (χ1v) is 12.1. The van der Waals surface area contributed by atoms with Gasteiger partial charge in [-0.1, -0.05) is 18.3 Å². The van der Waals surface area contributed by atoms with Gasteiger partial charge in [0.2, 0.25) is 0 Å². The summed E-state index contributed by atoms with van der Waals surface area (Å²) in [7, 11) is 0. The fraction of sp³-hybridized carbons (Fsp3) is 0.435. The minimum Gasteiger partial charge on any atom is -0.486 e. The zero-order valence-electron chi connectivity index (χ0n) is 18.8. The average molecular weight is 489 g/mol. The summed E-state index contributed by atoms with van der Waals surface area (Å²) in [4.78, 5) is 21.2. The number of nitrogens with one attached hydrogen (secondary N) is 3. The molecule has 1 amide bonds. The highest BCUT2D eigenvalue weighted by molar-refractivity contribution is 8.04. The molecule has 4 rings (SSSR count). The van der Waals surface area contributed by atoms with E-state index >= 15 is 0 Å². The summed E-state index contributed by atoms with van der Waals surface area (Å²) in [6.45, 7) is 7.50. The van der Waals surface area contributed by atoms with Crippen molar-refractivity contribution in [3.8, 4) is 5.75 Å². The number of piperidine rings is 1. The zero-order valence-corrected chi connectivity index (χ0v) is 19.6. The van der Waals surface area contributed by atoms with E-state index < -0.39 is 5.82 Å². The molecule has 2 aliphatic rings. The number of nitrogens with zero attached hydrogens (tertiary/aromatic N) is 2. The number of thioether (sulfide) groups is 1. The Morgan fingerprint density at radius 2 is 2.15 bits per heavy atom. The van der Waals surface area contributed by atoms with Crippen molar-refractivity contribution in [1.82, 2.24) is 20.6 Å². The maximum Gasteiger partial charge on any atom is 0.257 e. The van der Waals surface area contributed by atoms with Crippen LogP contribution in [0.1, 0.15) is 19.3 Å². The van der Waals surface area contributed by atoms with Gasteiger partial charge in [0.1, 0.15) is 34.7 Å². The van der Waals surface area contributed by atoms with E-state index in [9.17, 15) is 9.18 Å². The molecule has 0 saturated carbocycles. The van der Waals surface area contributed by atoms with Gasteiger partial charge >= 0.3 is 0 Å². The second-order valence-corrected chi connectivity index (χ2v) is 9.32. The van der Waals surface area contributed by atoms with Gasteiger partial charge in [0, 0.05) is 19.0 Å². The van der Waals surface area contributed by atoms with Crippen LogP contribution in [0.4, 0.5) is 21.6 Å². The molecule has 182 valence electrons. The van der Waals surface area contributed by atoms with E-state index in [0.29, 0.717) is 48.0 Å². The fourth-order valence-corrected chi connectivity index (χ4v) is 4.46. The molecular weight excluding hydrogens is 459 g/mol. The number of halogens is 1. The molecule has 5 N–H and O–H groups in total. The van der Waals surface area contributed by atoms with Crippen molar-refractivity contribution in [3.05, 3.63) is 41.8 Å². The summed E-state index contributed by atoms with van der Waals surface area (Å²) in [5, 5.41) is 9.75. The van der Waals surface area contributed by atoms with Gasteiger partial charge in [-0.05, 0) is 44.0 Å². The van der Waals surface area contributed by atoms with Crippen molar-refractivity contribution in [1.29, 1.82) is 0 Å². The first kappa shape index (κ1) is 24.2. The molecule has 2 aromatic rings. The Hall–Kier alpha value is -2.89. The minimum atomic E-state index is -0.418. The highest BCUT2D eigenvalue weighted by atomic mass is 32.2. The average Bonchev–Trinajstić information content (AvgIpc) is 3.35. The van der Waals surface area contributed by atoms with Gasteiger partial charge in [0.15, 0.2) is 5.82 Å². The molecule has 1 aromatic carbocycles. The summed E-state index contributed by atoms with van der Waals surface area (Å²) in [6.07, 6.45) is 4.00. The molecule has 0 spiro atoms. The number of ether oxygens (including phenoxy) is 2. The van der Waals surface area contributed by atoms with Crippen LogP contribution < -0.4 is 26.4 Å². The number of benzene rings is 1. The first-order chi connectivity index (χ1) is 16.5. The highest BCUT2D eigenvalue weighted by Gasteiger charge is 2.21. The second-order valence-electron chi connectivity index (χ2n) is 8.24. The van der Waals surface area contributed by atoms with Crippen molar-refractivity contribution < 1.29 is 18.7 Å². The topological polar surface area (TPSA) is 123 Å². The summed E-state index contributed by atoms with van der Waals surface area (Å²) in [5.74, 6) is 0.456. The number of aromatic nitrogens is 2. The van der Waals surface area contributed by atoms with Gasteiger partial charge in [-0.15, -0.1) is 0 Å². The Kier molecular flexibility index (Phi) is 8.20. The molecule has 3 heterocycles. The standard InChI is InChI=1S/C23H29FN6O3S/c1-14(22(31)27-11-15-4-7-26-8-5-15)34-23-20(25)21(28-13-29-23)30-18-3-2-16(24)10-19(18)33-17-6-9-32-12-17/h2-3,10,13,15,17,26H,1,4-9,11-12,25H2,(H,27,31)(H,28,29,30)/t17-/m0/s1.